The summed E-state index contributed by atoms with van der Waals surface area (Å²) >= 11 is 0. The SMILES string of the molecule is CC1CC(Oc2cc(C(F)(F)F)nc3c(C(F)(F)F)cccc23)CN1C. The van der Waals surface area contributed by atoms with Gasteiger partial charge in [-0.15, -0.1) is 0 Å². The van der Waals surface area contributed by atoms with Gasteiger partial charge in [0, 0.05) is 30.5 Å². The Balaban J connectivity index is 2.15. The smallest absolute Gasteiger partial charge is 0.433 e. The lowest BCUT2D eigenvalue weighted by atomic mass is 10.1. The minimum Gasteiger partial charge on any atom is -0.488 e. The monoisotopic (exact) mass is 378 g/mol. The lowest BCUT2D eigenvalue weighted by Gasteiger charge is -2.19. The van der Waals surface area contributed by atoms with Crippen LogP contribution >= 0.6 is 0 Å². The molecule has 142 valence electrons. The van der Waals surface area contributed by atoms with Crippen LogP contribution < -0.4 is 4.74 Å². The molecule has 0 saturated carbocycles. The van der Waals surface area contributed by atoms with E-state index in [1.807, 2.05) is 18.9 Å². The average Bonchev–Trinajstić information content (AvgIpc) is 2.82. The summed E-state index contributed by atoms with van der Waals surface area (Å²) in [7, 11) is 1.85. The van der Waals surface area contributed by atoms with Crippen LogP contribution in [0.1, 0.15) is 24.6 Å². The van der Waals surface area contributed by atoms with Gasteiger partial charge in [-0.25, -0.2) is 4.98 Å². The van der Waals surface area contributed by atoms with Gasteiger partial charge in [-0.2, -0.15) is 26.3 Å². The molecule has 3 nitrogen and oxygen atoms in total. The zero-order valence-electron chi connectivity index (χ0n) is 13.9. The molecule has 0 radical (unpaired) electrons. The molecule has 2 atom stereocenters. The summed E-state index contributed by atoms with van der Waals surface area (Å²) in [6, 6.07) is 3.97. The molecule has 3 rings (SSSR count). The molecule has 2 unspecified atom stereocenters. The maximum atomic E-state index is 13.2. The van der Waals surface area contributed by atoms with Crippen molar-refractivity contribution in [3.63, 3.8) is 0 Å². The Morgan fingerprint density at radius 2 is 1.81 bits per heavy atom. The zero-order valence-corrected chi connectivity index (χ0v) is 13.9. The first-order chi connectivity index (χ1) is 12.0. The van der Waals surface area contributed by atoms with E-state index in [1.165, 1.54) is 6.07 Å². The van der Waals surface area contributed by atoms with Crippen LogP contribution in [0.3, 0.4) is 0 Å². The van der Waals surface area contributed by atoms with E-state index in [0.29, 0.717) is 25.1 Å². The van der Waals surface area contributed by atoms with Crippen molar-refractivity contribution in [3.8, 4) is 5.75 Å². The number of nitrogens with zero attached hydrogens (tertiary/aromatic N) is 2. The number of ether oxygens (including phenoxy) is 1. The third-order valence-corrected chi connectivity index (χ3v) is 4.54. The summed E-state index contributed by atoms with van der Waals surface area (Å²) in [5.41, 5.74) is -3.39. The molecule has 0 aliphatic carbocycles. The highest BCUT2D eigenvalue weighted by molar-refractivity contribution is 5.88. The summed E-state index contributed by atoms with van der Waals surface area (Å²) in [6.07, 6.45) is -9.54. The minimum absolute atomic E-state index is 0.0879. The summed E-state index contributed by atoms with van der Waals surface area (Å²) in [5, 5.41) is -0.0879. The first-order valence-corrected chi connectivity index (χ1v) is 7.92. The zero-order chi connectivity index (χ0) is 19.3. The van der Waals surface area contributed by atoms with E-state index in [-0.39, 0.29) is 17.2 Å². The van der Waals surface area contributed by atoms with Crippen molar-refractivity contribution in [2.75, 3.05) is 13.6 Å². The van der Waals surface area contributed by atoms with Crippen molar-refractivity contribution in [1.82, 2.24) is 9.88 Å². The maximum Gasteiger partial charge on any atom is 0.433 e. The van der Waals surface area contributed by atoms with Crippen LogP contribution in [0.15, 0.2) is 24.3 Å². The normalized spacial score (nSPS) is 22.2. The van der Waals surface area contributed by atoms with Crippen LogP contribution in [-0.4, -0.2) is 35.6 Å². The summed E-state index contributed by atoms with van der Waals surface area (Å²) < 4.78 is 84.8. The van der Waals surface area contributed by atoms with Crippen LogP contribution in [0, 0.1) is 0 Å². The van der Waals surface area contributed by atoms with Crippen LogP contribution in [-0.2, 0) is 12.4 Å². The van der Waals surface area contributed by atoms with Gasteiger partial charge in [-0.3, -0.25) is 4.90 Å². The quantitative estimate of drug-likeness (QED) is 0.706. The highest BCUT2D eigenvalue weighted by Gasteiger charge is 2.38. The molecule has 1 aromatic heterocycles. The fraction of sp³-hybridized carbons (Fsp3) is 0.471. The molecule has 0 amide bonds. The summed E-state index contributed by atoms with van der Waals surface area (Å²) in [5.74, 6) is -0.235. The molecular formula is C17H16F6N2O. The molecule has 1 fully saturated rings. The van der Waals surface area contributed by atoms with Gasteiger partial charge >= 0.3 is 12.4 Å². The lowest BCUT2D eigenvalue weighted by molar-refractivity contribution is -0.142. The van der Waals surface area contributed by atoms with E-state index in [0.717, 1.165) is 6.07 Å². The molecule has 9 heteroatoms. The largest absolute Gasteiger partial charge is 0.488 e. The molecule has 0 spiro atoms. The number of hydrogen-bond donors (Lipinski definition) is 0. The molecule has 2 heterocycles. The first-order valence-electron chi connectivity index (χ1n) is 7.92. The van der Waals surface area contributed by atoms with Gasteiger partial charge in [0.2, 0.25) is 0 Å². The first kappa shape index (κ1) is 18.8. The van der Waals surface area contributed by atoms with Crippen molar-refractivity contribution >= 4 is 10.9 Å². The molecule has 1 aliphatic heterocycles. The van der Waals surface area contributed by atoms with Crippen LogP contribution in [0.5, 0.6) is 5.75 Å². The Kier molecular flexibility index (Phi) is 4.54. The van der Waals surface area contributed by atoms with E-state index in [9.17, 15) is 26.3 Å². The van der Waals surface area contributed by atoms with Gasteiger partial charge in [0.15, 0.2) is 0 Å². The Bertz CT molecular complexity index is 807. The Morgan fingerprint density at radius 1 is 1.12 bits per heavy atom. The standard InChI is InChI=1S/C17H16F6N2O/c1-9-6-10(8-25(9)2)26-13-7-14(17(21,22)23)24-15-11(13)4-3-5-12(15)16(18,19)20/h3-5,7,9-10H,6,8H2,1-2H3. The number of rotatable bonds is 2. The van der Waals surface area contributed by atoms with Gasteiger partial charge < -0.3 is 4.74 Å². The Labute approximate surface area is 145 Å². The molecule has 1 saturated heterocycles. The van der Waals surface area contributed by atoms with Crippen molar-refractivity contribution in [3.05, 3.63) is 35.5 Å². The van der Waals surface area contributed by atoms with E-state index < -0.39 is 35.2 Å². The molecule has 1 aliphatic rings. The number of aromatic nitrogens is 1. The summed E-state index contributed by atoms with van der Waals surface area (Å²) in [6.45, 7) is 2.42. The van der Waals surface area contributed by atoms with Crippen molar-refractivity contribution in [2.45, 2.75) is 37.8 Å². The predicted molar refractivity (Wildman–Crippen MR) is 82.9 cm³/mol. The molecule has 26 heavy (non-hydrogen) atoms. The number of likely N-dealkylation sites (N-methyl/N-ethyl adjacent to an activating group) is 1. The van der Waals surface area contributed by atoms with Gasteiger partial charge in [0.25, 0.3) is 0 Å². The van der Waals surface area contributed by atoms with Gasteiger partial charge in [-0.05, 0) is 26.1 Å². The van der Waals surface area contributed by atoms with Gasteiger partial charge in [0.1, 0.15) is 17.5 Å². The predicted octanol–water partition coefficient (Wildman–Crippen LogP) is 4.74. The number of likely N-dealkylation sites (tertiary alicyclic amines) is 1. The number of benzene rings is 1. The Hall–Kier alpha value is -2.03. The van der Waals surface area contributed by atoms with Crippen LogP contribution in [0.4, 0.5) is 26.3 Å². The fourth-order valence-electron chi connectivity index (χ4n) is 3.09. The van der Waals surface area contributed by atoms with Crippen molar-refractivity contribution in [2.24, 2.45) is 0 Å². The number of fused-ring (bicyclic) bond motifs is 1. The molecular weight excluding hydrogens is 362 g/mol. The second-order valence-corrected chi connectivity index (χ2v) is 6.47. The van der Waals surface area contributed by atoms with E-state index in [2.05, 4.69) is 4.98 Å². The van der Waals surface area contributed by atoms with Crippen molar-refractivity contribution in [1.29, 1.82) is 0 Å². The maximum absolute atomic E-state index is 13.2. The van der Waals surface area contributed by atoms with Crippen LogP contribution in [0.2, 0.25) is 0 Å². The van der Waals surface area contributed by atoms with Crippen molar-refractivity contribution < 1.29 is 31.1 Å². The number of para-hydroxylation sites is 1. The highest BCUT2D eigenvalue weighted by atomic mass is 19.4. The molecule has 0 bridgehead atoms. The van der Waals surface area contributed by atoms with E-state index in [4.69, 9.17) is 4.74 Å². The Morgan fingerprint density at radius 3 is 2.35 bits per heavy atom. The minimum atomic E-state index is -4.88. The second kappa shape index (κ2) is 6.29. The number of pyridine rings is 1. The molecule has 1 aromatic carbocycles. The number of alkyl halides is 6. The fourth-order valence-corrected chi connectivity index (χ4v) is 3.09. The second-order valence-electron chi connectivity index (χ2n) is 6.47. The average molecular weight is 378 g/mol. The number of hydrogen-bond acceptors (Lipinski definition) is 3. The molecule has 0 N–H and O–H groups in total. The number of halogens is 6. The summed E-state index contributed by atoms with van der Waals surface area (Å²) in [4.78, 5) is 5.21. The molecule has 2 aromatic rings. The van der Waals surface area contributed by atoms with Gasteiger partial charge in [0.05, 0.1) is 11.1 Å². The highest BCUT2D eigenvalue weighted by Crippen LogP contribution is 2.40. The third-order valence-electron chi connectivity index (χ3n) is 4.54. The van der Waals surface area contributed by atoms with Gasteiger partial charge in [-0.1, -0.05) is 6.07 Å². The van der Waals surface area contributed by atoms with Crippen LogP contribution in [0.25, 0.3) is 10.9 Å². The van der Waals surface area contributed by atoms with E-state index >= 15 is 0 Å². The topological polar surface area (TPSA) is 25.4 Å². The lowest BCUT2D eigenvalue weighted by Crippen LogP contribution is -2.24. The van der Waals surface area contributed by atoms with E-state index in [1.54, 1.807) is 0 Å². The third kappa shape index (κ3) is 3.58.